The van der Waals surface area contributed by atoms with E-state index in [1.807, 2.05) is 42.5 Å². The normalized spacial score (nSPS) is 29.0. The number of benzene rings is 1. The van der Waals surface area contributed by atoms with Gasteiger partial charge in [-0.05, 0) is 35.4 Å². The molecule has 0 saturated heterocycles. The average Bonchev–Trinajstić information content (AvgIpc) is 3.01. The van der Waals surface area contributed by atoms with Crippen molar-refractivity contribution in [2.45, 2.75) is 13.8 Å². The van der Waals surface area contributed by atoms with Crippen molar-refractivity contribution in [1.29, 1.82) is 5.26 Å². The van der Waals surface area contributed by atoms with Crippen LogP contribution in [0.1, 0.15) is 25.0 Å². The zero-order chi connectivity index (χ0) is 22.7. The molecule has 0 aromatic heterocycles. The van der Waals surface area contributed by atoms with Crippen molar-refractivity contribution in [2.24, 2.45) is 16.2 Å². The second kappa shape index (κ2) is 6.64. The van der Waals surface area contributed by atoms with Crippen molar-refractivity contribution >= 4 is 5.57 Å². The number of rotatable bonds is 3. The lowest BCUT2D eigenvalue weighted by molar-refractivity contribution is 0.208. The van der Waals surface area contributed by atoms with Crippen LogP contribution in [0.15, 0.2) is 101 Å². The summed E-state index contributed by atoms with van der Waals surface area (Å²) in [6.07, 6.45) is 16.8. The Kier molecular flexibility index (Phi) is 4.19. The lowest BCUT2D eigenvalue weighted by Crippen LogP contribution is -2.42. The summed E-state index contributed by atoms with van der Waals surface area (Å²) < 4.78 is 11.3. The second-order valence-electron chi connectivity index (χ2n) is 9.21. The zero-order valence-corrected chi connectivity index (χ0v) is 18.6. The molecule has 0 amide bonds. The summed E-state index contributed by atoms with van der Waals surface area (Å²) in [5, 5.41) is 20.9. The van der Waals surface area contributed by atoms with E-state index in [1.54, 1.807) is 14.2 Å². The molecule has 2 atom stereocenters. The largest absolute Gasteiger partial charge is 0.507 e. The maximum Gasteiger partial charge on any atom is 0.160 e. The number of nitriles is 1. The number of hydrogen-bond acceptors (Lipinski definition) is 4. The van der Waals surface area contributed by atoms with Crippen molar-refractivity contribution in [2.75, 3.05) is 14.2 Å². The second-order valence-corrected chi connectivity index (χ2v) is 9.21. The van der Waals surface area contributed by atoms with E-state index in [0.717, 1.165) is 22.3 Å². The highest BCUT2D eigenvalue weighted by molar-refractivity contribution is 5.87. The summed E-state index contributed by atoms with van der Waals surface area (Å²) in [6, 6.07) is 9.87. The number of hydrogen-bond donors (Lipinski definition) is 1. The summed E-state index contributed by atoms with van der Waals surface area (Å²) in [6.45, 7) is 4.27. The Hall–Kier alpha value is -3.71. The lowest BCUT2D eigenvalue weighted by atomic mass is 9.51. The molecule has 4 heteroatoms. The van der Waals surface area contributed by atoms with Gasteiger partial charge in [0.1, 0.15) is 5.76 Å². The number of ether oxygens (including phenoxy) is 2. The van der Waals surface area contributed by atoms with Gasteiger partial charge in [-0.2, -0.15) is 5.26 Å². The highest BCUT2D eigenvalue weighted by Gasteiger charge is 2.63. The van der Waals surface area contributed by atoms with Gasteiger partial charge in [0.05, 0.1) is 36.7 Å². The van der Waals surface area contributed by atoms with Crippen LogP contribution in [0.2, 0.25) is 0 Å². The molecule has 4 aliphatic rings. The Morgan fingerprint density at radius 1 is 0.875 bits per heavy atom. The molecule has 4 aliphatic carbocycles. The fourth-order valence-corrected chi connectivity index (χ4v) is 5.62. The average molecular weight is 424 g/mol. The van der Waals surface area contributed by atoms with E-state index in [0.29, 0.717) is 17.1 Å². The Morgan fingerprint density at radius 2 is 1.53 bits per heavy atom. The van der Waals surface area contributed by atoms with Gasteiger partial charge in [-0.3, -0.25) is 0 Å². The van der Waals surface area contributed by atoms with Gasteiger partial charge in [-0.15, -0.1) is 0 Å². The summed E-state index contributed by atoms with van der Waals surface area (Å²) in [4.78, 5) is 0. The molecule has 1 aromatic carbocycles. The third-order valence-corrected chi connectivity index (χ3v) is 6.95. The number of nitrogens with zero attached hydrogens (tertiary/aromatic N) is 1. The van der Waals surface area contributed by atoms with Crippen molar-refractivity contribution in [1.82, 2.24) is 0 Å². The zero-order valence-electron chi connectivity index (χ0n) is 18.6. The maximum atomic E-state index is 11.6. The smallest absolute Gasteiger partial charge is 0.160 e. The van der Waals surface area contributed by atoms with Crippen LogP contribution < -0.4 is 0 Å². The van der Waals surface area contributed by atoms with Gasteiger partial charge < -0.3 is 14.6 Å². The molecule has 1 N–H and O–H groups in total. The Labute approximate surface area is 188 Å². The van der Waals surface area contributed by atoms with Crippen LogP contribution in [-0.2, 0) is 9.47 Å². The molecule has 0 bridgehead atoms. The summed E-state index contributed by atoms with van der Waals surface area (Å²) in [5.74, 6) is 1.49. The van der Waals surface area contributed by atoms with Gasteiger partial charge >= 0.3 is 0 Å². The highest BCUT2D eigenvalue weighted by atomic mass is 16.5. The van der Waals surface area contributed by atoms with Crippen molar-refractivity contribution in [3.05, 3.63) is 112 Å². The van der Waals surface area contributed by atoms with Gasteiger partial charge in [0, 0.05) is 16.6 Å². The highest BCUT2D eigenvalue weighted by Crippen LogP contribution is 2.71. The quantitative estimate of drug-likeness (QED) is 0.657. The fourth-order valence-electron chi connectivity index (χ4n) is 5.62. The van der Waals surface area contributed by atoms with Crippen LogP contribution in [0.5, 0.6) is 0 Å². The monoisotopic (exact) mass is 423 g/mol. The first kappa shape index (κ1) is 20.2. The van der Waals surface area contributed by atoms with Gasteiger partial charge in [0.15, 0.2) is 11.5 Å². The molecule has 0 fully saturated rings. The van der Waals surface area contributed by atoms with Crippen LogP contribution >= 0.6 is 0 Å². The van der Waals surface area contributed by atoms with Gasteiger partial charge in [-0.1, -0.05) is 62.4 Å². The molecule has 1 aromatic rings. The molecule has 160 valence electrons. The van der Waals surface area contributed by atoms with Gasteiger partial charge in [-0.25, -0.2) is 0 Å². The molecule has 0 heterocycles. The topological polar surface area (TPSA) is 62.5 Å². The summed E-state index contributed by atoms with van der Waals surface area (Å²) in [7, 11) is 3.24. The third kappa shape index (κ3) is 2.42. The molecule has 2 spiro atoms. The molecular formula is C28H25NO3. The summed E-state index contributed by atoms with van der Waals surface area (Å²) in [5.41, 5.74) is 2.80. The van der Waals surface area contributed by atoms with Crippen LogP contribution in [-0.4, -0.2) is 19.3 Å². The van der Waals surface area contributed by atoms with Crippen LogP contribution in [0.25, 0.3) is 5.57 Å². The van der Waals surface area contributed by atoms with E-state index in [2.05, 4.69) is 50.3 Å². The first-order chi connectivity index (χ1) is 15.3. The standard InChI is InChI=1S/C28H25NO3/c1-26(2)14-21(19-9-7-18(17-29)8-10-19)28-12-6-5-11-27(28)16-24(32-4)23(31-3)13-20(27)25(30)22(28)15-26/h5-16,30H,1-4H3. The van der Waals surface area contributed by atoms with Crippen LogP contribution in [0.3, 0.4) is 0 Å². The molecule has 4 nitrogen and oxygen atoms in total. The lowest BCUT2D eigenvalue weighted by Gasteiger charge is -2.49. The number of aliphatic hydroxyl groups excluding tert-OH is 1. The van der Waals surface area contributed by atoms with Gasteiger partial charge in [0.2, 0.25) is 0 Å². The first-order valence-corrected chi connectivity index (χ1v) is 10.6. The minimum absolute atomic E-state index is 0.273. The maximum absolute atomic E-state index is 11.6. The predicted octanol–water partition coefficient (Wildman–Crippen LogP) is 5.91. The number of aliphatic hydroxyl groups is 1. The minimum atomic E-state index is -0.665. The van der Waals surface area contributed by atoms with Crippen molar-refractivity contribution < 1.29 is 14.6 Å². The molecule has 5 rings (SSSR count). The number of allylic oxidation sites excluding steroid dienone is 11. The Morgan fingerprint density at radius 3 is 2.19 bits per heavy atom. The molecule has 0 radical (unpaired) electrons. The predicted molar refractivity (Wildman–Crippen MR) is 124 cm³/mol. The van der Waals surface area contributed by atoms with E-state index in [4.69, 9.17) is 9.47 Å². The number of methoxy groups -OCH3 is 2. The van der Waals surface area contributed by atoms with Crippen LogP contribution in [0, 0.1) is 27.6 Å². The third-order valence-electron chi connectivity index (χ3n) is 6.95. The van der Waals surface area contributed by atoms with E-state index in [1.165, 1.54) is 0 Å². The van der Waals surface area contributed by atoms with E-state index < -0.39 is 10.8 Å². The molecule has 2 unspecified atom stereocenters. The minimum Gasteiger partial charge on any atom is -0.507 e. The van der Waals surface area contributed by atoms with E-state index in [9.17, 15) is 10.4 Å². The van der Waals surface area contributed by atoms with Gasteiger partial charge in [0.25, 0.3) is 0 Å². The van der Waals surface area contributed by atoms with Crippen LogP contribution in [0.4, 0.5) is 0 Å². The first-order valence-electron chi connectivity index (χ1n) is 10.6. The Bertz CT molecular complexity index is 1270. The fraction of sp³-hybridized carbons (Fsp3) is 0.250. The summed E-state index contributed by atoms with van der Waals surface area (Å²) >= 11 is 0. The Balaban J connectivity index is 1.85. The van der Waals surface area contributed by atoms with Crippen molar-refractivity contribution in [3.63, 3.8) is 0 Å². The van der Waals surface area contributed by atoms with Crippen molar-refractivity contribution in [3.8, 4) is 6.07 Å². The van der Waals surface area contributed by atoms with E-state index >= 15 is 0 Å². The molecule has 0 saturated carbocycles. The molecule has 32 heavy (non-hydrogen) atoms. The van der Waals surface area contributed by atoms with E-state index in [-0.39, 0.29) is 11.2 Å². The SMILES string of the molecule is COC1=CC2=C(O)C3=CC(C)(C)C=C(c4ccc(C#N)cc4)C34C=CC=CC24C=C1OC. The molecule has 0 aliphatic heterocycles. The molecular weight excluding hydrogens is 398 g/mol.